The maximum atomic E-state index is 14.2. The number of benzene rings is 3. The number of aromatic nitrogens is 4. The third-order valence-corrected chi connectivity index (χ3v) is 15.9. The monoisotopic (exact) mass is 815 g/mol. The molecule has 4 atom stereocenters. The number of nitrogen functional groups attached to an aromatic ring is 1. The molecule has 1 fully saturated rings. The van der Waals surface area contributed by atoms with Crippen molar-refractivity contribution in [1.29, 1.82) is 0 Å². The summed E-state index contributed by atoms with van der Waals surface area (Å²) in [6.45, 7) is 9.07. The summed E-state index contributed by atoms with van der Waals surface area (Å²) < 4.78 is 106. The lowest BCUT2D eigenvalue weighted by atomic mass is 9.80. The van der Waals surface area contributed by atoms with E-state index in [2.05, 4.69) is 15.0 Å². The molecule has 13 nitrogen and oxygen atoms in total. The van der Waals surface area contributed by atoms with Crippen LogP contribution in [0.2, 0.25) is 18.1 Å². The standard InChI is InChI=1S/C38H44F3N5O8SSi/c1-36(2,3)56(6,7)54-32-31(53-55(47,48)38(39,40)41)29(52-35(32)46-23-45-30-33(42)43-22-44-34(30)46)21-51-37(24-11-9-8-10-12-24,25-13-17-27(49-4)18-14-25)26-15-19-28(50-5)20-16-26/h8-20,22-23,29,31-32,35H,21H2,1-7H3,(H2,42,43,44)/t29-,31+,32-,35-/m1/s1. The van der Waals surface area contributed by atoms with Crippen LogP contribution >= 0.6 is 0 Å². The van der Waals surface area contributed by atoms with Gasteiger partial charge in [0.05, 0.1) is 27.2 Å². The first-order chi connectivity index (χ1) is 26.3. The molecule has 3 heterocycles. The SMILES string of the molecule is COc1ccc(C(OC[C@H]2O[C@@H](n3cnc4c(N)ncnc43)[C@H](O[Si](C)(C)C(C)(C)C)[C@H]2OS(=O)(=O)C(F)(F)F)(c2ccccc2)c2ccc(OC)cc2)cc1. The summed E-state index contributed by atoms with van der Waals surface area (Å²) >= 11 is 0. The molecule has 3 aromatic carbocycles. The van der Waals surface area contributed by atoms with Gasteiger partial charge in [-0.25, -0.2) is 15.0 Å². The number of methoxy groups -OCH3 is 2. The van der Waals surface area contributed by atoms with E-state index in [9.17, 15) is 21.6 Å². The summed E-state index contributed by atoms with van der Waals surface area (Å²) in [5, 5.41) is -0.478. The van der Waals surface area contributed by atoms with Gasteiger partial charge in [0.1, 0.15) is 47.3 Å². The van der Waals surface area contributed by atoms with Crippen LogP contribution in [0.3, 0.4) is 0 Å². The van der Waals surface area contributed by atoms with Gasteiger partial charge in [-0.3, -0.25) is 8.75 Å². The minimum atomic E-state index is -6.20. The van der Waals surface area contributed by atoms with Gasteiger partial charge in [0.15, 0.2) is 26.0 Å². The second-order valence-corrected chi connectivity index (χ2v) is 21.1. The summed E-state index contributed by atoms with van der Waals surface area (Å²) in [5.74, 6) is 1.19. The third kappa shape index (κ3) is 7.73. The van der Waals surface area contributed by atoms with Crippen molar-refractivity contribution in [3.63, 3.8) is 0 Å². The van der Waals surface area contributed by atoms with Crippen LogP contribution < -0.4 is 15.2 Å². The van der Waals surface area contributed by atoms with Gasteiger partial charge in [0.2, 0.25) is 0 Å². The lowest BCUT2D eigenvalue weighted by molar-refractivity contribution is -0.0954. The number of nitrogens with zero attached hydrogens (tertiary/aromatic N) is 4. The smallest absolute Gasteiger partial charge is 0.497 e. The third-order valence-electron chi connectivity index (χ3n) is 10.3. The largest absolute Gasteiger partial charge is 0.523 e. The Balaban J connectivity index is 1.54. The van der Waals surface area contributed by atoms with Gasteiger partial charge in [-0.05, 0) is 59.1 Å². The Morgan fingerprint density at radius 3 is 1.89 bits per heavy atom. The van der Waals surface area contributed by atoms with Crippen molar-refractivity contribution in [2.45, 2.75) is 74.6 Å². The number of hydrogen-bond donors (Lipinski definition) is 1. The van der Waals surface area contributed by atoms with Crippen LogP contribution in [0.15, 0.2) is 91.5 Å². The number of nitrogens with two attached hydrogens (primary N) is 1. The second kappa shape index (κ2) is 15.4. The van der Waals surface area contributed by atoms with Crippen molar-refractivity contribution in [3.05, 3.63) is 108 Å². The zero-order valence-corrected chi connectivity index (χ0v) is 33.7. The molecule has 0 aliphatic carbocycles. The van der Waals surface area contributed by atoms with Crippen molar-refractivity contribution >= 4 is 35.4 Å². The zero-order valence-electron chi connectivity index (χ0n) is 31.9. The van der Waals surface area contributed by atoms with E-state index in [1.54, 1.807) is 24.3 Å². The van der Waals surface area contributed by atoms with Crippen LogP contribution in [0.4, 0.5) is 19.0 Å². The number of alkyl halides is 3. The molecular weight excluding hydrogens is 772 g/mol. The van der Waals surface area contributed by atoms with Crippen molar-refractivity contribution in [1.82, 2.24) is 19.5 Å². The highest BCUT2D eigenvalue weighted by Crippen LogP contribution is 2.47. The number of fused-ring (bicyclic) bond motifs is 1. The van der Waals surface area contributed by atoms with Gasteiger partial charge in [-0.1, -0.05) is 75.4 Å². The van der Waals surface area contributed by atoms with Gasteiger partial charge in [0, 0.05) is 0 Å². The van der Waals surface area contributed by atoms with Crippen LogP contribution in [0, 0.1) is 0 Å². The van der Waals surface area contributed by atoms with Gasteiger partial charge in [-0.15, -0.1) is 0 Å². The first-order valence-corrected chi connectivity index (χ1v) is 21.9. The zero-order chi connectivity index (χ0) is 40.7. The van der Waals surface area contributed by atoms with E-state index in [1.165, 1.54) is 31.4 Å². The lowest BCUT2D eigenvalue weighted by Gasteiger charge is -2.40. The molecule has 0 unspecified atom stereocenters. The highest BCUT2D eigenvalue weighted by molar-refractivity contribution is 7.87. The van der Waals surface area contributed by atoms with E-state index in [4.69, 9.17) is 33.3 Å². The molecule has 0 amide bonds. The Morgan fingerprint density at radius 1 is 0.821 bits per heavy atom. The molecule has 18 heteroatoms. The maximum absolute atomic E-state index is 14.2. The summed E-state index contributed by atoms with van der Waals surface area (Å²) in [6, 6.07) is 23.4. The predicted octanol–water partition coefficient (Wildman–Crippen LogP) is 6.96. The van der Waals surface area contributed by atoms with Crippen LogP contribution in [-0.2, 0) is 33.8 Å². The average Bonchev–Trinajstić information content (AvgIpc) is 3.73. The number of anilines is 1. The van der Waals surface area contributed by atoms with Gasteiger partial charge >= 0.3 is 15.6 Å². The summed E-state index contributed by atoms with van der Waals surface area (Å²) in [6.07, 6.45) is -3.57. The fraction of sp³-hybridized carbons (Fsp3) is 0.395. The predicted molar refractivity (Wildman–Crippen MR) is 204 cm³/mol. The molecule has 0 spiro atoms. The summed E-state index contributed by atoms with van der Waals surface area (Å²) in [7, 11) is -6.05. The van der Waals surface area contributed by atoms with Crippen LogP contribution in [-0.4, -0.2) is 80.9 Å². The number of rotatable bonds is 13. The molecule has 1 aliphatic rings. The molecule has 5 aromatic rings. The topological polar surface area (TPSA) is 159 Å². The maximum Gasteiger partial charge on any atom is 0.523 e. The van der Waals surface area contributed by atoms with E-state index < -0.39 is 65.7 Å². The van der Waals surface area contributed by atoms with Crippen molar-refractivity contribution < 1.29 is 49.1 Å². The molecule has 1 aliphatic heterocycles. The summed E-state index contributed by atoms with van der Waals surface area (Å²) in [5.41, 5.74) is 1.13. The minimum absolute atomic E-state index is 0.0487. The van der Waals surface area contributed by atoms with Crippen LogP contribution in [0.5, 0.6) is 11.5 Å². The fourth-order valence-corrected chi connectivity index (χ4v) is 8.28. The molecule has 0 saturated carbocycles. The van der Waals surface area contributed by atoms with Crippen LogP contribution in [0.1, 0.15) is 43.7 Å². The van der Waals surface area contributed by atoms with E-state index in [1.807, 2.05) is 88.5 Å². The van der Waals surface area contributed by atoms with Crippen molar-refractivity contribution in [2.75, 3.05) is 26.6 Å². The molecule has 56 heavy (non-hydrogen) atoms. The number of ether oxygens (including phenoxy) is 4. The Hall–Kier alpha value is -4.59. The van der Waals surface area contributed by atoms with E-state index in [0.29, 0.717) is 28.2 Å². The van der Waals surface area contributed by atoms with Gasteiger partial charge < -0.3 is 29.1 Å². The quantitative estimate of drug-likeness (QED) is 0.0565. The van der Waals surface area contributed by atoms with Gasteiger partial charge in [0.25, 0.3) is 0 Å². The van der Waals surface area contributed by atoms with E-state index >= 15 is 0 Å². The second-order valence-electron chi connectivity index (χ2n) is 14.8. The van der Waals surface area contributed by atoms with Crippen molar-refractivity contribution in [2.24, 2.45) is 0 Å². The van der Waals surface area contributed by atoms with E-state index in [-0.39, 0.29) is 17.0 Å². The lowest BCUT2D eigenvalue weighted by Crippen LogP contribution is -2.51. The summed E-state index contributed by atoms with van der Waals surface area (Å²) in [4.78, 5) is 12.6. The minimum Gasteiger partial charge on any atom is -0.497 e. The Morgan fingerprint density at radius 2 is 1.38 bits per heavy atom. The highest BCUT2D eigenvalue weighted by atomic mass is 32.2. The number of imidazole rings is 1. The van der Waals surface area contributed by atoms with Crippen LogP contribution in [0.25, 0.3) is 11.2 Å². The first kappa shape index (κ1) is 41.1. The molecule has 2 N–H and O–H groups in total. The Labute approximate surface area is 324 Å². The number of halogens is 3. The Bertz CT molecular complexity index is 2190. The normalized spacial score (nSPS) is 19.7. The molecule has 2 aromatic heterocycles. The molecule has 6 rings (SSSR count). The molecule has 1 saturated heterocycles. The van der Waals surface area contributed by atoms with Crippen molar-refractivity contribution in [3.8, 4) is 11.5 Å². The molecule has 0 radical (unpaired) electrons. The molecule has 300 valence electrons. The van der Waals surface area contributed by atoms with Gasteiger partial charge in [-0.2, -0.15) is 21.6 Å². The Kier molecular flexibility index (Phi) is 11.3. The molecule has 0 bridgehead atoms. The van der Waals surface area contributed by atoms with E-state index in [0.717, 1.165) is 0 Å². The molecular formula is C38H44F3N5O8SSi. The fourth-order valence-electron chi connectivity index (χ4n) is 6.36. The average molecular weight is 816 g/mol. The number of hydrogen-bond acceptors (Lipinski definition) is 12. The highest BCUT2D eigenvalue weighted by Gasteiger charge is 2.58. The first-order valence-electron chi connectivity index (χ1n) is 17.6.